The Morgan fingerprint density at radius 1 is 0.162 bits per heavy atom. The van der Waals surface area contributed by atoms with Crippen LogP contribution in [0.15, 0.2) is 0 Å². The van der Waals surface area contributed by atoms with E-state index in [0.29, 0.717) is 0 Å². The third-order valence-corrected chi connectivity index (χ3v) is 0. The van der Waals surface area contributed by atoms with Crippen LogP contribution < -0.4 is 846 Å². The normalized spacial score (nSPS) is 3.65. The Morgan fingerprint density at radius 2 is 0.162 bits per heavy atom. The average molecular weight is 917 g/mol. The van der Waals surface area contributed by atoms with Gasteiger partial charge in [0, 0.05) is 0 Å². The van der Waals surface area contributed by atoms with Crippen molar-refractivity contribution in [2.75, 3.05) is 0 Å². The van der Waals surface area contributed by atoms with Gasteiger partial charge in [0.15, 0.2) is 0 Å². The average Bonchev–Trinajstić information content (AvgIpc) is 1.94. The molecule has 0 aromatic rings. The summed E-state index contributed by atoms with van der Waals surface area (Å²) in [4.78, 5) is 0. The molecule has 4 N–H and O–H groups in total. The zero-order valence-corrected chi connectivity index (χ0v) is 71.9. The summed E-state index contributed by atoms with van der Waals surface area (Å²) in [7, 11) is -14.6. The summed E-state index contributed by atoms with van der Waals surface area (Å²) in [6.07, 6.45) is 0. The fourth-order valence-electron chi connectivity index (χ4n) is 0. The Hall–Kier alpha value is 24.2. The first kappa shape index (κ1) is 144. The second kappa shape index (κ2) is 137. The van der Waals surface area contributed by atoms with Crippen LogP contribution in [0.4, 0.5) is 0 Å². The van der Waals surface area contributed by atoms with Crippen LogP contribution >= 0.6 is 0 Å². The van der Waals surface area contributed by atoms with E-state index in [1.165, 1.54) is 0 Å². The van der Waals surface area contributed by atoms with Crippen LogP contribution in [0.3, 0.4) is 0 Å². The Morgan fingerprint density at radius 3 is 0.162 bits per heavy atom. The van der Waals surface area contributed by atoms with E-state index in [4.69, 9.17) is 75.4 Å². The topological polar surface area (TPSA) is 409 Å². The second-order valence-electron chi connectivity index (χ2n) is 1.44. The van der Waals surface area contributed by atoms with Crippen molar-refractivity contribution in [1.29, 1.82) is 0 Å². The van der Waals surface area contributed by atoms with Crippen LogP contribution in [-0.2, 0) is 0 Å². The number of rotatable bonds is 0. The zero-order chi connectivity index (χ0) is 17.9. The minimum absolute atomic E-state index is 0. The first-order valence-electron chi connectivity index (χ1n) is 3.54. The summed E-state index contributed by atoms with van der Waals surface area (Å²) < 4.78 is 0. The summed E-state index contributed by atoms with van der Waals surface area (Å²) in [6.45, 7) is 0. The Labute approximate surface area is 858 Å². The van der Waals surface area contributed by atoms with E-state index < -0.39 is 36.6 Å². The molecule has 0 aliphatic carbocycles. The predicted molar refractivity (Wildman–Crippen MR) is 36.0 cm³/mol. The van der Waals surface area contributed by atoms with Crippen molar-refractivity contribution in [3.05, 3.63) is 0 Å². The molecule has 0 saturated carbocycles. The van der Waals surface area contributed by atoms with Crippen molar-refractivity contribution in [3.8, 4) is 0 Å². The van der Waals surface area contributed by atoms with Gasteiger partial charge in [0.1, 0.15) is 0 Å². The molecular weight excluding hydrogens is 913 g/mol. The fraction of sp³-hybridized carbons (Fsp3) is 0. The van der Waals surface area contributed by atoms with E-state index in [1.54, 1.807) is 0 Å². The van der Waals surface area contributed by atoms with Crippen LogP contribution in [0.25, 0.3) is 0 Å². The molecule has 0 spiro atoms. The molecule has 0 unspecified atom stereocenters. The molecule has 17 nitrogen and oxygen atoms in total. The van der Waals surface area contributed by atoms with Gasteiger partial charge in [0.05, 0.1) is 0 Å². The minimum Gasteiger partial charge on any atom is -0.907 e. The quantitative estimate of drug-likeness (QED) is 0.204. The Kier molecular flexibility index (Phi) is 536. The van der Waals surface area contributed by atoms with Gasteiger partial charge in [-0.3, -0.25) is 36.6 Å². The van der Waals surface area contributed by atoms with Crippen LogP contribution in [0.5, 0.6) is 0 Å². The van der Waals surface area contributed by atoms with E-state index in [2.05, 4.69) is 0 Å². The van der Waals surface area contributed by atoms with E-state index in [-0.39, 0.29) is 782 Å². The summed E-state index contributed by atoms with van der Waals surface area (Å²) in [5.74, 6) is 0. The van der Waals surface area contributed by atoms with Gasteiger partial charge in [-0.25, -0.2) is 0 Å². The predicted octanol–water partition coefficient (Wildman–Crippen LogP) is -66.3. The van der Waals surface area contributed by atoms with Gasteiger partial charge in [-0.2, -0.15) is 0 Å². The molecule has 0 radical (unpaired) electrons. The fourth-order valence-corrected chi connectivity index (χ4v) is 0. The molecule has 0 aromatic heterocycles. The molecule has 0 bridgehead atoms. The Balaban J connectivity index is -0.00000000341. The summed E-state index contributed by atoms with van der Waals surface area (Å²) >= 11 is 0. The van der Waals surface area contributed by atoms with E-state index >= 15 is 0 Å². The van der Waals surface area contributed by atoms with Crippen molar-refractivity contribution < 1.29 is 857 Å². The molecule has 37 heteroatoms. The smallest absolute Gasteiger partial charge is 0.907 e. The van der Waals surface area contributed by atoms with Crippen LogP contribution in [0, 0.1) is 0 Å². The SMILES string of the molecule is O.O.[K+].[K+].[K+].[K+].[K+].[K+].[K+].[K+].[K+].[K+].[K+].[K+].[K+].[K+].[K+].[O-]B([O-])[O-].[O-]B([O-])[O-].[O-]B([O-])[O-].[O-]B([O-])[O-].[O-]B([O-])[O-]. The van der Waals surface area contributed by atoms with Crippen molar-refractivity contribution >= 4 is 36.6 Å². The molecule has 0 saturated heterocycles. The molecule has 0 aliphatic rings. The van der Waals surface area contributed by atoms with Crippen molar-refractivity contribution in [1.82, 2.24) is 0 Å². The molecule has 136 valence electrons. The van der Waals surface area contributed by atoms with E-state index in [1.807, 2.05) is 0 Å². The third-order valence-electron chi connectivity index (χ3n) is 0. The zero-order valence-electron chi connectivity index (χ0n) is 25.0. The van der Waals surface area contributed by atoms with Crippen molar-refractivity contribution in [2.24, 2.45) is 0 Å². The molecule has 0 aliphatic heterocycles. The van der Waals surface area contributed by atoms with Crippen LogP contribution in [-0.4, -0.2) is 47.6 Å². The van der Waals surface area contributed by atoms with Gasteiger partial charge in [-0.05, 0) is 0 Å². The van der Waals surface area contributed by atoms with Gasteiger partial charge in [0.2, 0.25) is 0 Å². The van der Waals surface area contributed by atoms with Gasteiger partial charge in [-0.15, -0.1) is 0 Å². The summed E-state index contributed by atoms with van der Waals surface area (Å²) in [6, 6.07) is 0. The maximum Gasteiger partial charge on any atom is 1.00 e. The first-order chi connectivity index (χ1) is 8.66. The van der Waals surface area contributed by atoms with Crippen molar-refractivity contribution in [2.45, 2.75) is 0 Å². The number of hydrogen-bond acceptors (Lipinski definition) is 15. The molecule has 0 amide bonds. The molecule has 0 aromatic carbocycles. The second-order valence-corrected chi connectivity index (χ2v) is 1.44. The van der Waals surface area contributed by atoms with Gasteiger partial charge in [-0.1, -0.05) is 0 Å². The summed E-state index contributed by atoms with van der Waals surface area (Å²) in [5, 5.41) is 126. The molecule has 0 heterocycles. The minimum atomic E-state index is -2.92. The molecule has 0 fully saturated rings. The molecule has 37 heavy (non-hydrogen) atoms. The maximum absolute atomic E-state index is 8.42. The standard InChI is InChI=1S/5BO3.15K.2H2O/c5*2-1(3)4;;;;;;;;;;;;;;;;;/h;;;;;;;;;;;;;;;;;;;;2*1H2/q5*-3;15*+1;;. The molecule has 0 atom stereocenters. The van der Waals surface area contributed by atoms with E-state index in [0.717, 1.165) is 0 Å². The molecule has 0 rings (SSSR count). The Bertz CT molecular complexity index is 112. The molecular formula is H4B5K15O17. The maximum atomic E-state index is 8.42. The van der Waals surface area contributed by atoms with Crippen LogP contribution in [0.2, 0.25) is 0 Å². The third kappa shape index (κ3) is 348. The van der Waals surface area contributed by atoms with Crippen molar-refractivity contribution in [3.63, 3.8) is 0 Å². The van der Waals surface area contributed by atoms with E-state index in [9.17, 15) is 0 Å². The number of hydrogen-bond donors (Lipinski definition) is 0. The van der Waals surface area contributed by atoms with Gasteiger partial charge in [0.25, 0.3) is 0 Å². The monoisotopic (exact) mass is 915 g/mol. The largest absolute Gasteiger partial charge is 1.00 e. The first-order valence-corrected chi connectivity index (χ1v) is 3.54. The van der Waals surface area contributed by atoms with Crippen LogP contribution in [0.1, 0.15) is 0 Å². The summed E-state index contributed by atoms with van der Waals surface area (Å²) in [5.41, 5.74) is 0. The van der Waals surface area contributed by atoms with Gasteiger partial charge < -0.3 is 86.3 Å². The van der Waals surface area contributed by atoms with Gasteiger partial charge >= 0.3 is 771 Å².